The molecule has 1 aromatic carbocycles. The van der Waals surface area contributed by atoms with Crippen molar-refractivity contribution in [1.29, 1.82) is 0 Å². The van der Waals surface area contributed by atoms with Crippen LogP contribution in [-0.2, 0) is 0 Å². The zero-order valence-corrected chi connectivity index (χ0v) is 8.61. The third kappa shape index (κ3) is 2.42. The standard InChI is InChI=1S/C10H12ClF2N/c1-2-3-9(14)10-7(12)4-6(11)5-8(10)13/h4-5,9H,2-3,14H2,1H3/t9-/m0/s1. The van der Waals surface area contributed by atoms with Crippen LogP contribution in [0.3, 0.4) is 0 Å². The summed E-state index contributed by atoms with van der Waals surface area (Å²) >= 11 is 5.48. The molecule has 78 valence electrons. The average Bonchev–Trinajstić information content (AvgIpc) is 2.01. The summed E-state index contributed by atoms with van der Waals surface area (Å²) in [6.45, 7) is 1.91. The molecular formula is C10H12ClF2N. The molecule has 0 amide bonds. The normalized spacial score (nSPS) is 12.9. The van der Waals surface area contributed by atoms with E-state index in [2.05, 4.69) is 0 Å². The van der Waals surface area contributed by atoms with Crippen molar-refractivity contribution in [3.05, 3.63) is 34.4 Å². The Hall–Kier alpha value is -0.670. The van der Waals surface area contributed by atoms with Gasteiger partial charge in [0.1, 0.15) is 11.6 Å². The molecule has 0 aliphatic rings. The Morgan fingerprint density at radius 2 is 1.86 bits per heavy atom. The summed E-state index contributed by atoms with van der Waals surface area (Å²) in [6.07, 6.45) is 1.33. The van der Waals surface area contributed by atoms with Crippen molar-refractivity contribution < 1.29 is 8.78 Å². The fourth-order valence-corrected chi connectivity index (χ4v) is 1.55. The zero-order valence-electron chi connectivity index (χ0n) is 7.86. The van der Waals surface area contributed by atoms with Gasteiger partial charge in [0.05, 0.1) is 0 Å². The highest BCUT2D eigenvalue weighted by atomic mass is 35.5. The predicted octanol–water partition coefficient (Wildman–Crippen LogP) is 3.42. The first-order valence-electron chi connectivity index (χ1n) is 4.46. The van der Waals surface area contributed by atoms with Gasteiger partial charge in [0, 0.05) is 16.6 Å². The Morgan fingerprint density at radius 3 is 2.29 bits per heavy atom. The molecular weight excluding hydrogens is 208 g/mol. The SMILES string of the molecule is CCC[C@H](N)c1c(F)cc(Cl)cc1F. The Balaban J connectivity index is 3.07. The summed E-state index contributed by atoms with van der Waals surface area (Å²) in [6, 6.07) is 1.56. The third-order valence-electron chi connectivity index (χ3n) is 2.01. The van der Waals surface area contributed by atoms with Gasteiger partial charge in [0.2, 0.25) is 0 Å². The smallest absolute Gasteiger partial charge is 0.132 e. The fourth-order valence-electron chi connectivity index (χ4n) is 1.36. The molecule has 0 heterocycles. The molecule has 0 aliphatic heterocycles. The van der Waals surface area contributed by atoms with Crippen LogP contribution in [-0.4, -0.2) is 0 Å². The second kappa shape index (κ2) is 4.71. The minimum absolute atomic E-state index is 0.0486. The van der Waals surface area contributed by atoms with Gasteiger partial charge in [-0.25, -0.2) is 8.78 Å². The molecule has 0 saturated carbocycles. The van der Waals surface area contributed by atoms with Crippen molar-refractivity contribution in [2.75, 3.05) is 0 Å². The molecule has 4 heteroatoms. The molecule has 14 heavy (non-hydrogen) atoms. The predicted molar refractivity (Wildman–Crippen MR) is 53.2 cm³/mol. The van der Waals surface area contributed by atoms with E-state index < -0.39 is 17.7 Å². The van der Waals surface area contributed by atoms with Crippen LogP contribution in [0.5, 0.6) is 0 Å². The van der Waals surface area contributed by atoms with E-state index in [1.165, 1.54) is 0 Å². The van der Waals surface area contributed by atoms with E-state index in [1.54, 1.807) is 0 Å². The van der Waals surface area contributed by atoms with Crippen LogP contribution >= 0.6 is 11.6 Å². The van der Waals surface area contributed by atoms with E-state index in [4.69, 9.17) is 17.3 Å². The number of rotatable bonds is 3. The van der Waals surface area contributed by atoms with Gasteiger partial charge in [0.25, 0.3) is 0 Å². The maximum absolute atomic E-state index is 13.3. The first-order valence-corrected chi connectivity index (χ1v) is 4.84. The summed E-state index contributed by atoms with van der Waals surface area (Å²) < 4.78 is 26.6. The van der Waals surface area contributed by atoms with Gasteiger partial charge >= 0.3 is 0 Å². The highest BCUT2D eigenvalue weighted by Gasteiger charge is 2.16. The van der Waals surface area contributed by atoms with Gasteiger partial charge in [-0.3, -0.25) is 0 Å². The largest absolute Gasteiger partial charge is 0.324 e. The number of halogens is 3. The van der Waals surface area contributed by atoms with Gasteiger partial charge in [-0.05, 0) is 18.6 Å². The molecule has 0 aromatic heterocycles. The first kappa shape index (κ1) is 11.4. The highest BCUT2D eigenvalue weighted by Crippen LogP contribution is 2.25. The lowest BCUT2D eigenvalue weighted by Gasteiger charge is -2.12. The topological polar surface area (TPSA) is 26.0 Å². The maximum atomic E-state index is 13.3. The van der Waals surface area contributed by atoms with Crippen molar-refractivity contribution in [3.8, 4) is 0 Å². The molecule has 0 radical (unpaired) electrons. The number of benzene rings is 1. The average molecular weight is 220 g/mol. The maximum Gasteiger partial charge on any atom is 0.132 e. The minimum atomic E-state index is -0.670. The van der Waals surface area contributed by atoms with Crippen LogP contribution in [0.1, 0.15) is 31.4 Å². The van der Waals surface area contributed by atoms with Gasteiger partial charge < -0.3 is 5.73 Å². The molecule has 1 aromatic rings. The van der Waals surface area contributed by atoms with Crippen molar-refractivity contribution >= 4 is 11.6 Å². The second-order valence-corrected chi connectivity index (χ2v) is 3.61. The van der Waals surface area contributed by atoms with Gasteiger partial charge in [-0.15, -0.1) is 0 Å². The van der Waals surface area contributed by atoms with Crippen LogP contribution in [0.4, 0.5) is 8.78 Å². The van der Waals surface area contributed by atoms with Crippen LogP contribution in [0.25, 0.3) is 0 Å². The Morgan fingerprint density at radius 1 is 1.36 bits per heavy atom. The van der Waals surface area contributed by atoms with Crippen molar-refractivity contribution in [3.63, 3.8) is 0 Å². The van der Waals surface area contributed by atoms with Crippen molar-refractivity contribution in [1.82, 2.24) is 0 Å². The van der Waals surface area contributed by atoms with Crippen LogP contribution in [0.2, 0.25) is 5.02 Å². The monoisotopic (exact) mass is 219 g/mol. The minimum Gasteiger partial charge on any atom is -0.324 e. The quantitative estimate of drug-likeness (QED) is 0.828. The molecule has 0 unspecified atom stereocenters. The van der Waals surface area contributed by atoms with Crippen molar-refractivity contribution in [2.45, 2.75) is 25.8 Å². The van der Waals surface area contributed by atoms with E-state index in [0.29, 0.717) is 6.42 Å². The highest BCUT2D eigenvalue weighted by molar-refractivity contribution is 6.30. The molecule has 0 saturated heterocycles. The number of hydrogen-bond donors (Lipinski definition) is 1. The molecule has 0 aliphatic carbocycles. The molecule has 1 rings (SSSR count). The molecule has 1 nitrogen and oxygen atoms in total. The van der Waals surface area contributed by atoms with Crippen LogP contribution in [0.15, 0.2) is 12.1 Å². The van der Waals surface area contributed by atoms with Crippen LogP contribution in [0, 0.1) is 11.6 Å². The van der Waals surface area contributed by atoms with Gasteiger partial charge in [-0.2, -0.15) is 0 Å². The molecule has 2 N–H and O–H groups in total. The third-order valence-corrected chi connectivity index (χ3v) is 2.23. The summed E-state index contributed by atoms with van der Waals surface area (Å²) in [4.78, 5) is 0. The lowest BCUT2D eigenvalue weighted by molar-refractivity contribution is 0.510. The second-order valence-electron chi connectivity index (χ2n) is 3.18. The van der Waals surface area contributed by atoms with E-state index in [1.807, 2.05) is 6.92 Å². The van der Waals surface area contributed by atoms with Gasteiger partial charge in [0.15, 0.2) is 0 Å². The van der Waals surface area contributed by atoms with E-state index >= 15 is 0 Å². The Labute approximate surface area is 86.9 Å². The molecule has 0 bridgehead atoms. The zero-order chi connectivity index (χ0) is 10.7. The van der Waals surface area contributed by atoms with E-state index in [0.717, 1.165) is 18.6 Å². The summed E-state index contributed by atoms with van der Waals surface area (Å²) in [7, 11) is 0. The Bertz CT molecular complexity index is 305. The summed E-state index contributed by atoms with van der Waals surface area (Å²) in [5.74, 6) is -1.34. The lowest BCUT2D eigenvalue weighted by Crippen LogP contribution is -2.13. The summed E-state index contributed by atoms with van der Waals surface area (Å²) in [5.41, 5.74) is 5.56. The Kier molecular flexibility index (Phi) is 3.84. The molecule has 1 atom stereocenters. The number of nitrogens with two attached hydrogens (primary N) is 1. The first-order chi connectivity index (χ1) is 6.56. The van der Waals surface area contributed by atoms with Gasteiger partial charge in [-0.1, -0.05) is 24.9 Å². The number of hydrogen-bond acceptors (Lipinski definition) is 1. The molecule has 0 spiro atoms. The van der Waals surface area contributed by atoms with Crippen LogP contribution < -0.4 is 5.73 Å². The lowest BCUT2D eigenvalue weighted by atomic mass is 10.0. The van der Waals surface area contributed by atoms with Crippen molar-refractivity contribution in [2.24, 2.45) is 5.73 Å². The summed E-state index contributed by atoms with van der Waals surface area (Å²) in [5, 5.41) is 0.0486. The van der Waals surface area contributed by atoms with E-state index in [9.17, 15) is 8.78 Å². The fraction of sp³-hybridized carbons (Fsp3) is 0.400. The molecule has 0 fully saturated rings. The van der Waals surface area contributed by atoms with E-state index in [-0.39, 0.29) is 10.6 Å².